The molecule has 0 N–H and O–H groups in total. The number of hydrogen-bond donors (Lipinski definition) is 0. The van der Waals surface area contributed by atoms with Crippen molar-refractivity contribution in [3.05, 3.63) is 17.1 Å². The van der Waals surface area contributed by atoms with Crippen molar-refractivity contribution in [3.8, 4) is 0 Å². The topological polar surface area (TPSA) is 22.3 Å². The van der Waals surface area contributed by atoms with Crippen LogP contribution in [0.4, 0.5) is 0 Å². The maximum Gasteiger partial charge on any atom is 0.224 e. The fourth-order valence-electron chi connectivity index (χ4n) is 5.53. The van der Waals surface area contributed by atoms with Gasteiger partial charge in [0, 0.05) is 19.6 Å². The molecule has 0 radical (unpaired) electrons. The van der Waals surface area contributed by atoms with Gasteiger partial charge in [-0.2, -0.15) is 4.57 Å². The molecule has 36 heavy (non-hydrogen) atoms. The first-order valence-corrected chi connectivity index (χ1v) is 16.9. The predicted octanol–water partition coefficient (Wildman–Crippen LogP) is 9.67. The van der Waals surface area contributed by atoms with Crippen molar-refractivity contribution >= 4 is 11.3 Å². The van der Waals surface area contributed by atoms with Gasteiger partial charge < -0.3 is 9.47 Å². The van der Waals surface area contributed by atoms with E-state index in [1.807, 2.05) is 0 Å². The molecule has 0 spiro atoms. The molecule has 0 amide bonds. The maximum absolute atomic E-state index is 6.01. The van der Waals surface area contributed by atoms with E-state index in [0.29, 0.717) is 6.10 Å². The summed E-state index contributed by atoms with van der Waals surface area (Å²) in [4.78, 5) is 0. The summed E-state index contributed by atoms with van der Waals surface area (Å²) < 4.78 is 14.3. The predicted molar refractivity (Wildman–Crippen MR) is 156 cm³/mol. The van der Waals surface area contributed by atoms with E-state index < -0.39 is 0 Å². The summed E-state index contributed by atoms with van der Waals surface area (Å²) in [6.07, 6.45) is 33.2. The van der Waals surface area contributed by atoms with Gasteiger partial charge in [-0.15, -0.1) is 0 Å². The van der Waals surface area contributed by atoms with Crippen molar-refractivity contribution in [2.24, 2.45) is 5.92 Å². The van der Waals surface area contributed by atoms with E-state index in [-0.39, 0.29) is 0 Å². The molecule has 2 atom stereocenters. The molecule has 1 aliphatic rings. The first-order valence-electron chi connectivity index (χ1n) is 16.0. The Bertz CT molecular complexity index is 565. The smallest absolute Gasteiger partial charge is 0.224 e. The van der Waals surface area contributed by atoms with E-state index in [0.717, 1.165) is 25.7 Å². The summed E-state index contributed by atoms with van der Waals surface area (Å²) in [5.74, 6) is 0.781. The van der Waals surface area contributed by atoms with E-state index in [9.17, 15) is 0 Å². The van der Waals surface area contributed by atoms with E-state index >= 15 is 0 Å². The van der Waals surface area contributed by atoms with Crippen molar-refractivity contribution in [1.29, 1.82) is 0 Å². The van der Waals surface area contributed by atoms with Gasteiger partial charge in [-0.3, -0.25) is 0 Å². The number of unbranched alkanes of at least 4 members (excludes halogenated alkanes) is 18. The molecule has 2 rings (SSSR count). The Labute approximate surface area is 228 Å². The molecule has 3 nitrogen and oxygen atoms in total. The molecule has 1 fully saturated rings. The third-order valence-electron chi connectivity index (χ3n) is 7.92. The molecule has 1 aromatic rings. The van der Waals surface area contributed by atoms with Crippen molar-refractivity contribution in [2.45, 2.75) is 161 Å². The van der Waals surface area contributed by atoms with E-state index in [1.54, 1.807) is 11.3 Å². The summed E-state index contributed by atoms with van der Waals surface area (Å²) >= 11 is 1.78. The van der Waals surface area contributed by atoms with Gasteiger partial charge in [0.05, 0.1) is 18.1 Å². The molecular formula is C32H60NO2S+. The number of aryl methyl sites for hydroxylation is 1. The fraction of sp³-hybridized carbons (Fsp3) is 0.906. The summed E-state index contributed by atoms with van der Waals surface area (Å²) in [5, 5.41) is 2.15. The van der Waals surface area contributed by atoms with Crippen LogP contribution in [-0.4, -0.2) is 25.9 Å². The van der Waals surface area contributed by atoms with Gasteiger partial charge in [0.2, 0.25) is 5.51 Å². The van der Waals surface area contributed by atoms with Crippen LogP contribution in [0.1, 0.15) is 148 Å². The van der Waals surface area contributed by atoms with Crippen LogP contribution in [-0.2, 0) is 16.0 Å². The minimum absolute atomic E-state index is 0.358. The van der Waals surface area contributed by atoms with Crippen LogP contribution in [0.25, 0.3) is 0 Å². The molecule has 0 unspecified atom stereocenters. The zero-order valence-corrected chi connectivity index (χ0v) is 24.8. The maximum atomic E-state index is 6.01. The molecule has 210 valence electrons. The zero-order valence-electron chi connectivity index (χ0n) is 23.9. The van der Waals surface area contributed by atoms with Crippen LogP contribution < -0.4 is 4.57 Å². The third kappa shape index (κ3) is 17.9. The van der Waals surface area contributed by atoms with Crippen molar-refractivity contribution in [1.82, 2.24) is 0 Å². The molecule has 0 aromatic carbocycles. The lowest BCUT2D eigenvalue weighted by atomic mass is 9.97. The Kier molecular flexibility index (Phi) is 20.9. The molecule has 2 heterocycles. The van der Waals surface area contributed by atoms with Gasteiger partial charge in [0.1, 0.15) is 6.54 Å². The summed E-state index contributed by atoms with van der Waals surface area (Å²) in [6, 6.07) is 0. The van der Waals surface area contributed by atoms with Gasteiger partial charge in [-0.05, 0) is 31.6 Å². The average molecular weight is 523 g/mol. The highest BCUT2D eigenvalue weighted by atomic mass is 32.1. The van der Waals surface area contributed by atoms with Crippen LogP contribution in [0, 0.1) is 5.92 Å². The summed E-state index contributed by atoms with van der Waals surface area (Å²) in [5.41, 5.74) is 2.20. The number of hydrogen-bond acceptors (Lipinski definition) is 3. The standard InChI is InChI=1S/C32H60NO2S/c1-2-3-4-5-6-7-8-9-10-11-12-13-16-19-22-31-27-32(35-28-31)29-34-25-21-18-15-14-17-20-23-33-24-26-36-30-33/h24,26,30-32H,2-23,25,27-29H2,1H3/q+1/t31-,32+/m0/s1. The minimum Gasteiger partial charge on any atom is -0.379 e. The lowest BCUT2D eigenvalue weighted by molar-refractivity contribution is -0.692. The summed E-state index contributed by atoms with van der Waals surface area (Å²) in [6.45, 7) is 6.17. The van der Waals surface area contributed by atoms with Crippen LogP contribution in [0.15, 0.2) is 17.1 Å². The third-order valence-corrected chi connectivity index (χ3v) is 8.59. The molecular weight excluding hydrogens is 462 g/mol. The molecule has 1 aliphatic heterocycles. The normalized spacial score (nSPS) is 17.8. The minimum atomic E-state index is 0.358. The van der Waals surface area contributed by atoms with Crippen LogP contribution >= 0.6 is 11.3 Å². The van der Waals surface area contributed by atoms with Crippen molar-refractivity contribution in [2.75, 3.05) is 19.8 Å². The average Bonchev–Trinajstić information content (AvgIpc) is 3.58. The second-order valence-corrected chi connectivity index (χ2v) is 12.2. The Hall–Kier alpha value is -0.450. The SMILES string of the molecule is CCCCCCCCCCCCCCCC[C@@H]1CO[C@@H](COCCCCCCCC[n+]2ccsc2)C1. The van der Waals surface area contributed by atoms with Gasteiger partial charge in [-0.1, -0.05) is 127 Å². The summed E-state index contributed by atoms with van der Waals surface area (Å²) in [7, 11) is 0. The molecule has 4 heteroatoms. The Morgan fingerprint density at radius 3 is 1.94 bits per heavy atom. The van der Waals surface area contributed by atoms with Gasteiger partial charge in [0.25, 0.3) is 0 Å². The monoisotopic (exact) mass is 522 g/mol. The number of nitrogens with zero attached hydrogens (tertiary/aromatic N) is 1. The highest BCUT2D eigenvalue weighted by molar-refractivity contribution is 7.07. The second kappa shape index (κ2) is 23.7. The van der Waals surface area contributed by atoms with Crippen molar-refractivity contribution in [3.63, 3.8) is 0 Å². The molecule has 0 aliphatic carbocycles. The number of ether oxygens (including phenoxy) is 2. The van der Waals surface area contributed by atoms with Crippen molar-refractivity contribution < 1.29 is 14.0 Å². The first kappa shape index (κ1) is 31.8. The quantitative estimate of drug-likeness (QED) is 0.0892. The van der Waals surface area contributed by atoms with E-state index in [1.165, 1.54) is 148 Å². The largest absolute Gasteiger partial charge is 0.379 e. The highest BCUT2D eigenvalue weighted by Crippen LogP contribution is 2.25. The first-order chi connectivity index (χ1) is 17.9. The van der Waals surface area contributed by atoms with Gasteiger partial charge in [0.15, 0.2) is 6.20 Å². The van der Waals surface area contributed by atoms with Gasteiger partial charge in [-0.25, -0.2) is 0 Å². The number of thiazole rings is 1. The Morgan fingerprint density at radius 2 is 1.33 bits per heavy atom. The fourth-order valence-corrected chi connectivity index (χ4v) is 6.16. The second-order valence-electron chi connectivity index (χ2n) is 11.4. The lowest BCUT2D eigenvalue weighted by Gasteiger charge is -2.10. The number of rotatable bonds is 26. The Morgan fingerprint density at radius 1 is 0.750 bits per heavy atom. The van der Waals surface area contributed by atoms with E-state index in [2.05, 4.69) is 28.6 Å². The van der Waals surface area contributed by atoms with Gasteiger partial charge >= 0.3 is 0 Å². The van der Waals surface area contributed by atoms with Crippen LogP contribution in [0.2, 0.25) is 0 Å². The molecule has 0 saturated carbocycles. The lowest BCUT2D eigenvalue weighted by Crippen LogP contribution is -2.29. The van der Waals surface area contributed by atoms with Crippen LogP contribution in [0.3, 0.4) is 0 Å². The molecule has 1 saturated heterocycles. The van der Waals surface area contributed by atoms with Crippen LogP contribution in [0.5, 0.6) is 0 Å². The number of aromatic nitrogens is 1. The molecule has 0 bridgehead atoms. The highest BCUT2D eigenvalue weighted by Gasteiger charge is 2.24. The van der Waals surface area contributed by atoms with E-state index in [4.69, 9.17) is 9.47 Å². The Balaban J connectivity index is 1.25. The zero-order chi connectivity index (χ0) is 25.4. The molecule has 1 aromatic heterocycles.